The van der Waals surface area contributed by atoms with Crippen molar-refractivity contribution in [1.29, 1.82) is 5.26 Å². The summed E-state index contributed by atoms with van der Waals surface area (Å²) in [5.74, 6) is 0. The molecule has 2 nitrogen and oxygen atoms in total. The lowest BCUT2D eigenvalue weighted by Gasteiger charge is -2.29. The third-order valence-electron chi connectivity index (χ3n) is 3.17. The fraction of sp³-hybridized carbons (Fsp3) is 0.312. The molecular weight excluding hydrogens is 332 g/mol. The standard InChI is InChI=1S/C16H17BrN2S/c1-12(2)19(11-15-4-3-7-20-15)16-6-5-13(9-17)8-14(16)10-18/h3-8,12H,9,11H2,1-2H3. The van der Waals surface area contributed by atoms with Crippen LogP contribution in [0.2, 0.25) is 0 Å². The molecule has 0 saturated carbocycles. The number of benzene rings is 1. The maximum Gasteiger partial charge on any atom is 0.101 e. The van der Waals surface area contributed by atoms with E-state index in [0.29, 0.717) is 6.04 Å². The minimum atomic E-state index is 0.346. The average molecular weight is 349 g/mol. The van der Waals surface area contributed by atoms with Gasteiger partial charge in [-0.25, -0.2) is 0 Å². The Hall–Kier alpha value is -1.31. The molecule has 0 amide bonds. The van der Waals surface area contributed by atoms with E-state index in [1.165, 1.54) is 4.88 Å². The van der Waals surface area contributed by atoms with Gasteiger partial charge in [0.15, 0.2) is 0 Å². The minimum Gasteiger partial charge on any atom is -0.363 e. The molecule has 0 N–H and O–H groups in total. The molecule has 0 aliphatic heterocycles. The van der Waals surface area contributed by atoms with Crippen LogP contribution >= 0.6 is 27.3 Å². The molecule has 2 aromatic rings. The van der Waals surface area contributed by atoms with Gasteiger partial charge in [-0.05, 0) is 43.0 Å². The van der Waals surface area contributed by atoms with E-state index in [0.717, 1.165) is 28.7 Å². The Morgan fingerprint density at radius 1 is 1.35 bits per heavy atom. The summed E-state index contributed by atoms with van der Waals surface area (Å²) in [4.78, 5) is 3.59. The lowest BCUT2D eigenvalue weighted by molar-refractivity contribution is 0.686. The first-order valence-corrected chi connectivity index (χ1v) is 8.54. The summed E-state index contributed by atoms with van der Waals surface area (Å²) in [7, 11) is 0. The molecule has 20 heavy (non-hydrogen) atoms. The number of rotatable bonds is 5. The van der Waals surface area contributed by atoms with E-state index in [9.17, 15) is 5.26 Å². The van der Waals surface area contributed by atoms with E-state index in [2.05, 4.69) is 70.4 Å². The quantitative estimate of drug-likeness (QED) is 0.716. The van der Waals surface area contributed by atoms with Gasteiger partial charge in [0.2, 0.25) is 0 Å². The van der Waals surface area contributed by atoms with Crippen molar-refractivity contribution in [2.45, 2.75) is 31.8 Å². The molecule has 0 spiro atoms. The van der Waals surface area contributed by atoms with Gasteiger partial charge in [0.1, 0.15) is 6.07 Å². The highest BCUT2D eigenvalue weighted by atomic mass is 79.9. The van der Waals surface area contributed by atoms with Crippen LogP contribution in [0, 0.1) is 11.3 Å². The van der Waals surface area contributed by atoms with Crippen LogP contribution in [-0.4, -0.2) is 6.04 Å². The molecule has 4 heteroatoms. The highest BCUT2D eigenvalue weighted by Gasteiger charge is 2.16. The normalized spacial score (nSPS) is 10.6. The van der Waals surface area contributed by atoms with Gasteiger partial charge in [0.25, 0.3) is 0 Å². The van der Waals surface area contributed by atoms with E-state index in [1.54, 1.807) is 11.3 Å². The zero-order chi connectivity index (χ0) is 14.5. The van der Waals surface area contributed by atoms with Gasteiger partial charge >= 0.3 is 0 Å². The highest BCUT2D eigenvalue weighted by Crippen LogP contribution is 2.27. The van der Waals surface area contributed by atoms with Crippen LogP contribution in [0.3, 0.4) is 0 Å². The summed E-state index contributed by atoms with van der Waals surface area (Å²) in [6.07, 6.45) is 0. The molecule has 1 aromatic heterocycles. The number of nitriles is 1. The number of alkyl halides is 1. The van der Waals surface area contributed by atoms with E-state index >= 15 is 0 Å². The van der Waals surface area contributed by atoms with Crippen molar-refractivity contribution in [3.63, 3.8) is 0 Å². The van der Waals surface area contributed by atoms with E-state index in [4.69, 9.17) is 0 Å². The van der Waals surface area contributed by atoms with Crippen LogP contribution in [0.1, 0.15) is 29.9 Å². The van der Waals surface area contributed by atoms with Crippen LogP contribution in [0.25, 0.3) is 0 Å². The Morgan fingerprint density at radius 2 is 2.15 bits per heavy atom. The molecule has 1 aromatic carbocycles. The lowest BCUT2D eigenvalue weighted by atomic mass is 10.1. The largest absolute Gasteiger partial charge is 0.363 e. The molecule has 104 valence electrons. The SMILES string of the molecule is CC(C)N(Cc1cccs1)c1ccc(CBr)cc1C#N. The molecule has 0 aliphatic rings. The van der Waals surface area contributed by atoms with Gasteiger partial charge in [-0.15, -0.1) is 11.3 Å². The Kier molecular flexibility index (Phi) is 5.22. The fourth-order valence-electron chi connectivity index (χ4n) is 2.12. The van der Waals surface area contributed by atoms with Crippen molar-refractivity contribution < 1.29 is 0 Å². The molecule has 0 bridgehead atoms. The van der Waals surface area contributed by atoms with Crippen molar-refractivity contribution in [2.24, 2.45) is 0 Å². The van der Waals surface area contributed by atoms with Crippen molar-refractivity contribution >= 4 is 33.0 Å². The van der Waals surface area contributed by atoms with Gasteiger partial charge in [0.05, 0.1) is 17.8 Å². The lowest BCUT2D eigenvalue weighted by Crippen LogP contribution is -2.30. The molecule has 0 unspecified atom stereocenters. The molecular formula is C16H17BrN2S. The molecule has 0 saturated heterocycles. The first-order chi connectivity index (χ1) is 9.65. The predicted molar refractivity (Wildman–Crippen MR) is 89.4 cm³/mol. The first kappa shape index (κ1) is 15.1. The Bertz CT molecular complexity index is 599. The summed E-state index contributed by atoms with van der Waals surface area (Å²) < 4.78 is 0. The van der Waals surface area contributed by atoms with Gasteiger partial charge < -0.3 is 4.90 Å². The number of hydrogen-bond donors (Lipinski definition) is 0. The van der Waals surface area contributed by atoms with Gasteiger partial charge in [-0.3, -0.25) is 0 Å². The summed E-state index contributed by atoms with van der Waals surface area (Å²) in [6, 6.07) is 13.0. The smallest absolute Gasteiger partial charge is 0.101 e. The van der Waals surface area contributed by atoms with E-state index < -0.39 is 0 Å². The zero-order valence-electron chi connectivity index (χ0n) is 11.6. The fourth-order valence-corrected chi connectivity index (χ4v) is 3.17. The molecule has 1 heterocycles. The number of thiophene rings is 1. The van der Waals surface area contributed by atoms with E-state index in [1.807, 2.05) is 6.07 Å². The van der Waals surface area contributed by atoms with Crippen molar-refractivity contribution in [1.82, 2.24) is 0 Å². The second-order valence-electron chi connectivity index (χ2n) is 4.90. The zero-order valence-corrected chi connectivity index (χ0v) is 14.0. The van der Waals surface area contributed by atoms with E-state index in [-0.39, 0.29) is 0 Å². The first-order valence-electron chi connectivity index (χ1n) is 6.53. The van der Waals surface area contributed by atoms with Gasteiger partial charge in [-0.2, -0.15) is 5.26 Å². The van der Waals surface area contributed by atoms with Crippen molar-refractivity contribution in [3.05, 3.63) is 51.7 Å². The minimum absolute atomic E-state index is 0.346. The Labute approximate surface area is 132 Å². The van der Waals surface area contributed by atoms with Crippen LogP contribution in [0.4, 0.5) is 5.69 Å². The van der Waals surface area contributed by atoms with Gasteiger partial charge in [-0.1, -0.05) is 28.1 Å². The van der Waals surface area contributed by atoms with Crippen LogP contribution in [0.5, 0.6) is 0 Å². The number of nitrogens with zero attached hydrogens (tertiary/aromatic N) is 2. The number of halogens is 1. The molecule has 2 rings (SSSR count). The monoisotopic (exact) mass is 348 g/mol. The topological polar surface area (TPSA) is 27.0 Å². The highest BCUT2D eigenvalue weighted by molar-refractivity contribution is 9.08. The number of hydrogen-bond acceptors (Lipinski definition) is 3. The van der Waals surface area contributed by atoms with Gasteiger partial charge in [0, 0.05) is 16.2 Å². The molecule has 0 atom stereocenters. The average Bonchev–Trinajstić information content (AvgIpc) is 2.97. The second kappa shape index (κ2) is 6.92. The Balaban J connectivity index is 2.37. The summed E-state index contributed by atoms with van der Waals surface area (Å²) in [5, 5.41) is 12.3. The maximum atomic E-state index is 9.41. The number of anilines is 1. The third-order valence-corrected chi connectivity index (χ3v) is 4.68. The molecule has 0 radical (unpaired) electrons. The summed E-state index contributed by atoms with van der Waals surface area (Å²) in [5.41, 5.74) is 2.89. The van der Waals surface area contributed by atoms with Crippen molar-refractivity contribution in [3.8, 4) is 6.07 Å². The maximum absolute atomic E-state index is 9.41. The molecule has 0 fully saturated rings. The Morgan fingerprint density at radius 3 is 2.70 bits per heavy atom. The van der Waals surface area contributed by atoms with Crippen molar-refractivity contribution in [2.75, 3.05) is 4.90 Å². The third kappa shape index (κ3) is 3.41. The van der Waals surface area contributed by atoms with Crippen LogP contribution in [-0.2, 0) is 11.9 Å². The van der Waals surface area contributed by atoms with Crippen LogP contribution < -0.4 is 4.90 Å². The summed E-state index contributed by atoms with van der Waals surface area (Å²) >= 11 is 5.19. The second-order valence-corrected chi connectivity index (χ2v) is 6.49. The predicted octanol–water partition coefficient (Wildman–Crippen LogP) is 4.93. The van der Waals surface area contributed by atoms with Crippen LogP contribution in [0.15, 0.2) is 35.7 Å². The molecule has 0 aliphatic carbocycles. The summed E-state index contributed by atoms with van der Waals surface area (Å²) in [6.45, 7) is 5.16.